The first-order valence-electron chi connectivity index (χ1n) is 5.56. The van der Waals surface area contributed by atoms with Crippen molar-refractivity contribution in [2.45, 2.75) is 26.3 Å². The molecule has 0 bridgehead atoms. The standard InChI is InChI=1S/C11H21NO3/c1-9(11(13)14-3)10(2)12-5-4-7-15-8-6-12/h9-10H,4-8H2,1-3H3. The maximum absolute atomic E-state index is 11.4. The zero-order chi connectivity index (χ0) is 11.3. The van der Waals surface area contributed by atoms with Crippen molar-refractivity contribution in [2.75, 3.05) is 33.4 Å². The van der Waals surface area contributed by atoms with Gasteiger partial charge in [0.2, 0.25) is 0 Å². The van der Waals surface area contributed by atoms with Crippen LogP contribution in [0.1, 0.15) is 20.3 Å². The summed E-state index contributed by atoms with van der Waals surface area (Å²) < 4.78 is 10.1. The summed E-state index contributed by atoms with van der Waals surface area (Å²) in [5.74, 6) is -0.208. The Kier molecular flexibility index (Phi) is 5.05. The minimum absolute atomic E-state index is 0.0758. The second kappa shape index (κ2) is 6.08. The summed E-state index contributed by atoms with van der Waals surface area (Å²) in [7, 11) is 1.44. The smallest absolute Gasteiger partial charge is 0.309 e. The molecule has 1 aliphatic heterocycles. The Morgan fingerprint density at radius 3 is 2.73 bits per heavy atom. The minimum atomic E-state index is -0.132. The van der Waals surface area contributed by atoms with E-state index < -0.39 is 0 Å². The summed E-state index contributed by atoms with van der Waals surface area (Å²) in [6, 6.07) is 0.221. The molecule has 1 aliphatic rings. The molecule has 1 fully saturated rings. The molecule has 2 unspecified atom stereocenters. The first-order chi connectivity index (χ1) is 7.16. The zero-order valence-corrected chi connectivity index (χ0v) is 9.86. The van der Waals surface area contributed by atoms with E-state index in [1.165, 1.54) is 7.11 Å². The first-order valence-corrected chi connectivity index (χ1v) is 5.56. The predicted octanol–water partition coefficient (Wildman–Crippen LogP) is 0.906. The van der Waals surface area contributed by atoms with Gasteiger partial charge in [0.1, 0.15) is 0 Å². The zero-order valence-electron chi connectivity index (χ0n) is 9.86. The van der Waals surface area contributed by atoms with Crippen LogP contribution in [0, 0.1) is 5.92 Å². The monoisotopic (exact) mass is 215 g/mol. The molecule has 0 aromatic carbocycles. The Morgan fingerprint density at radius 2 is 2.07 bits per heavy atom. The van der Waals surface area contributed by atoms with E-state index in [0.717, 1.165) is 32.7 Å². The Balaban J connectivity index is 2.49. The second-order valence-corrected chi connectivity index (χ2v) is 4.05. The molecule has 4 nitrogen and oxygen atoms in total. The van der Waals surface area contributed by atoms with Gasteiger partial charge in [0.25, 0.3) is 0 Å². The SMILES string of the molecule is COC(=O)C(C)C(C)N1CCCOCC1. The van der Waals surface area contributed by atoms with Crippen LogP contribution in [-0.4, -0.2) is 50.3 Å². The molecule has 1 heterocycles. The number of carbonyl (C=O) groups is 1. The van der Waals surface area contributed by atoms with Gasteiger partial charge in [0.05, 0.1) is 19.6 Å². The highest BCUT2D eigenvalue weighted by atomic mass is 16.5. The number of hydrogen-bond donors (Lipinski definition) is 0. The van der Waals surface area contributed by atoms with Crippen LogP contribution >= 0.6 is 0 Å². The average Bonchev–Trinajstić information content (AvgIpc) is 2.54. The Labute approximate surface area is 91.5 Å². The summed E-state index contributed by atoms with van der Waals surface area (Å²) >= 11 is 0. The maximum Gasteiger partial charge on any atom is 0.309 e. The van der Waals surface area contributed by atoms with Crippen molar-refractivity contribution >= 4 is 5.97 Å². The van der Waals surface area contributed by atoms with Crippen LogP contribution < -0.4 is 0 Å². The molecular weight excluding hydrogens is 194 g/mol. The molecule has 0 radical (unpaired) electrons. The third-order valence-corrected chi connectivity index (χ3v) is 3.13. The number of nitrogens with zero attached hydrogens (tertiary/aromatic N) is 1. The summed E-state index contributed by atoms with van der Waals surface area (Å²) in [6.45, 7) is 7.49. The number of esters is 1. The third-order valence-electron chi connectivity index (χ3n) is 3.13. The normalized spacial score (nSPS) is 22.9. The van der Waals surface area contributed by atoms with Crippen LogP contribution in [0.4, 0.5) is 0 Å². The van der Waals surface area contributed by atoms with Gasteiger partial charge < -0.3 is 9.47 Å². The fraction of sp³-hybridized carbons (Fsp3) is 0.909. The van der Waals surface area contributed by atoms with Crippen LogP contribution in [0.15, 0.2) is 0 Å². The van der Waals surface area contributed by atoms with Crippen LogP contribution in [0.3, 0.4) is 0 Å². The topological polar surface area (TPSA) is 38.8 Å². The van der Waals surface area contributed by atoms with Crippen molar-refractivity contribution in [1.29, 1.82) is 0 Å². The van der Waals surface area contributed by atoms with Crippen molar-refractivity contribution < 1.29 is 14.3 Å². The number of carbonyl (C=O) groups excluding carboxylic acids is 1. The van der Waals surface area contributed by atoms with Gasteiger partial charge >= 0.3 is 5.97 Å². The Morgan fingerprint density at radius 1 is 1.33 bits per heavy atom. The fourth-order valence-corrected chi connectivity index (χ4v) is 1.87. The van der Waals surface area contributed by atoms with Gasteiger partial charge in [0, 0.05) is 25.7 Å². The van der Waals surface area contributed by atoms with Gasteiger partial charge in [0.15, 0.2) is 0 Å². The lowest BCUT2D eigenvalue weighted by molar-refractivity contribution is -0.147. The van der Waals surface area contributed by atoms with Crippen LogP contribution in [0.2, 0.25) is 0 Å². The largest absolute Gasteiger partial charge is 0.469 e. The molecule has 4 heteroatoms. The van der Waals surface area contributed by atoms with Crippen LogP contribution in [0.5, 0.6) is 0 Å². The van der Waals surface area contributed by atoms with Crippen molar-refractivity contribution in [3.63, 3.8) is 0 Å². The molecule has 0 saturated carbocycles. The molecule has 1 saturated heterocycles. The minimum Gasteiger partial charge on any atom is -0.469 e. The number of hydrogen-bond acceptors (Lipinski definition) is 4. The maximum atomic E-state index is 11.4. The third kappa shape index (κ3) is 3.47. The summed E-state index contributed by atoms with van der Waals surface area (Å²) in [5, 5.41) is 0. The molecule has 15 heavy (non-hydrogen) atoms. The molecule has 0 aromatic rings. The molecule has 0 aliphatic carbocycles. The summed E-state index contributed by atoms with van der Waals surface area (Å²) in [6.07, 6.45) is 1.04. The van der Waals surface area contributed by atoms with Crippen molar-refractivity contribution in [1.82, 2.24) is 4.90 Å². The van der Waals surface area contributed by atoms with E-state index in [-0.39, 0.29) is 17.9 Å². The van der Waals surface area contributed by atoms with Gasteiger partial charge in [-0.05, 0) is 13.3 Å². The van der Waals surface area contributed by atoms with Gasteiger partial charge in [-0.3, -0.25) is 9.69 Å². The lowest BCUT2D eigenvalue weighted by Crippen LogP contribution is -2.42. The number of rotatable bonds is 3. The first kappa shape index (κ1) is 12.5. The number of methoxy groups -OCH3 is 1. The molecule has 2 atom stereocenters. The lowest BCUT2D eigenvalue weighted by Gasteiger charge is -2.30. The van der Waals surface area contributed by atoms with Gasteiger partial charge in [-0.15, -0.1) is 0 Å². The predicted molar refractivity (Wildman–Crippen MR) is 57.7 cm³/mol. The molecule has 1 rings (SSSR count). The highest BCUT2D eigenvalue weighted by Gasteiger charge is 2.26. The lowest BCUT2D eigenvalue weighted by atomic mass is 10.0. The molecule has 0 N–H and O–H groups in total. The molecule has 0 amide bonds. The molecule has 0 aromatic heterocycles. The van der Waals surface area contributed by atoms with E-state index in [4.69, 9.17) is 9.47 Å². The van der Waals surface area contributed by atoms with E-state index >= 15 is 0 Å². The van der Waals surface area contributed by atoms with Crippen molar-refractivity contribution in [3.8, 4) is 0 Å². The number of ether oxygens (including phenoxy) is 2. The van der Waals surface area contributed by atoms with Gasteiger partial charge in [-0.1, -0.05) is 6.92 Å². The highest BCUT2D eigenvalue weighted by Crippen LogP contribution is 2.14. The summed E-state index contributed by atoms with van der Waals surface area (Å²) in [5.41, 5.74) is 0. The van der Waals surface area contributed by atoms with Gasteiger partial charge in [-0.2, -0.15) is 0 Å². The molecular formula is C11H21NO3. The summed E-state index contributed by atoms with van der Waals surface area (Å²) in [4.78, 5) is 13.7. The fourth-order valence-electron chi connectivity index (χ4n) is 1.87. The van der Waals surface area contributed by atoms with Crippen LogP contribution in [-0.2, 0) is 14.3 Å². The highest BCUT2D eigenvalue weighted by molar-refractivity contribution is 5.72. The van der Waals surface area contributed by atoms with Crippen molar-refractivity contribution in [2.24, 2.45) is 5.92 Å². The van der Waals surface area contributed by atoms with E-state index in [2.05, 4.69) is 11.8 Å². The van der Waals surface area contributed by atoms with E-state index in [0.29, 0.717) is 0 Å². The van der Waals surface area contributed by atoms with Crippen molar-refractivity contribution in [3.05, 3.63) is 0 Å². The van der Waals surface area contributed by atoms with Gasteiger partial charge in [-0.25, -0.2) is 0 Å². The molecule has 0 spiro atoms. The van der Waals surface area contributed by atoms with E-state index in [9.17, 15) is 4.79 Å². The Hall–Kier alpha value is -0.610. The Bertz CT molecular complexity index is 200. The quantitative estimate of drug-likeness (QED) is 0.656. The second-order valence-electron chi connectivity index (χ2n) is 4.05. The van der Waals surface area contributed by atoms with E-state index in [1.54, 1.807) is 0 Å². The molecule has 88 valence electrons. The average molecular weight is 215 g/mol. The van der Waals surface area contributed by atoms with Crippen LogP contribution in [0.25, 0.3) is 0 Å². The van der Waals surface area contributed by atoms with E-state index in [1.807, 2.05) is 6.92 Å².